The third-order valence-corrected chi connectivity index (χ3v) is 2.77. The maximum atomic E-state index is 5.35. The van der Waals surface area contributed by atoms with Crippen LogP contribution in [0, 0.1) is 0 Å². The Hall–Kier alpha value is -1.83. The zero-order valence-corrected chi connectivity index (χ0v) is 14.8. The van der Waals surface area contributed by atoms with Gasteiger partial charge in [0.1, 0.15) is 0 Å². The third-order valence-electron chi connectivity index (χ3n) is 2.77. The minimum absolute atomic E-state index is 0.0417. The van der Waals surface area contributed by atoms with Crippen LogP contribution in [0.25, 0.3) is 0 Å². The highest BCUT2D eigenvalue weighted by molar-refractivity contribution is 5.33. The fraction of sp³-hybridized carbons (Fsp3) is 0.769. The fourth-order valence-electron chi connectivity index (χ4n) is 1.66. The third kappa shape index (κ3) is 16.8. The summed E-state index contributed by atoms with van der Waals surface area (Å²) in [4.78, 5) is 10.5. The Morgan fingerprint density at radius 3 is 0.960 bits per heavy atom. The average Bonchev–Trinajstić information content (AvgIpc) is 2.55. The van der Waals surface area contributed by atoms with E-state index in [4.69, 9.17) is 28.7 Å². The predicted molar refractivity (Wildman–Crippen MR) is 103 cm³/mol. The van der Waals surface area contributed by atoms with Crippen molar-refractivity contribution in [1.29, 1.82) is 0 Å². The van der Waals surface area contributed by atoms with Crippen LogP contribution in [-0.2, 0) is 0 Å². The summed E-state index contributed by atoms with van der Waals surface area (Å²) < 4.78 is 0. The van der Waals surface area contributed by atoms with Crippen LogP contribution in [0.3, 0.4) is 0 Å². The summed E-state index contributed by atoms with van der Waals surface area (Å²) in [7, 11) is 0. The molecule has 0 atom stereocenters. The van der Waals surface area contributed by atoms with Crippen LogP contribution in [0.4, 0.5) is 17.8 Å². The van der Waals surface area contributed by atoms with Gasteiger partial charge in [-0.2, -0.15) is 15.0 Å². The topological polar surface area (TPSA) is 217 Å². The molecule has 0 saturated heterocycles. The molecule has 0 bridgehead atoms. The standard InChI is InChI=1S/C10H28N6.C3H6N6/c11-1-3-13-5-7-15-9-10-16-8-6-14-4-2-12;4-1-7-2(5)9-3(6)8-1/h13-16H,1-12H2;(H6,4,5,6,7,8,9). The Kier molecular flexibility index (Phi) is 15.8. The molecule has 0 aliphatic rings. The molecular weight excluding hydrogens is 324 g/mol. The SMILES string of the molecule is NCCNCCNCCNCCNCCN.Nc1nc(N)nc(N)n1. The van der Waals surface area contributed by atoms with Crippen LogP contribution >= 0.6 is 0 Å². The molecule has 1 aromatic rings. The van der Waals surface area contributed by atoms with Crippen molar-refractivity contribution >= 4 is 17.8 Å². The number of anilines is 3. The van der Waals surface area contributed by atoms with Crippen LogP contribution in [-0.4, -0.2) is 80.4 Å². The highest BCUT2D eigenvalue weighted by Gasteiger charge is 1.94. The van der Waals surface area contributed by atoms with Gasteiger partial charge in [-0.05, 0) is 0 Å². The van der Waals surface area contributed by atoms with E-state index in [9.17, 15) is 0 Å². The molecule has 25 heavy (non-hydrogen) atoms. The zero-order valence-electron chi connectivity index (χ0n) is 14.8. The lowest BCUT2D eigenvalue weighted by Gasteiger charge is -2.07. The summed E-state index contributed by atoms with van der Waals surface area (Å²) in [5.41, 5.74) is 26.1. The van der Waals surface area contributed by atoms with E-state index in [0.29, 0.717) is 13.1 Å². The molecule has 0 aromatic carbocycles. The first kappa shape index (κ1) is 23.2. The molecule has 12 nitrogen and oxygen atoms in total. The lowest BCUT2D eigenvalue weighted by molar-refractivity contribution is 0.569. The normalized spacial score (nSPS) is 10.3. The summed E-state index contributed by atoms with van der Waals surface area (Å²) in [6.07, 6.45) is 0. The van der Waals surface area contributed by atoms with Crippen molar-refractivity contribution in [3.05, 3.63) is 0 Å². The highest BCUT2D eigenvalue weighted by Crippen LogP contribution is 1.97. The summed E-state index contributed by atoms with van der Waals surface area (Å²) in [5.74, 6) is 0.125. The summed E-state index contributed by atoms with van der Waals surface area (Å²) in [6.45, 7) is 9.15. The molecule has 1 heterocycles. The van der Waals surface area contributed by atoms with Gasteiger partial charge in [-0.1, -0.05) is 0 Å². The van der Waals surface area contributed by atoms with E-state index in [2.05, 4.69) is 36.2 Å². The molecule has 0 aliphatic heterocycles. The van der Waals surface area contributed by atoms with Crippen molar-refractivity contribution < 1.29 is 0 Å². The fourth-order valence-corrected chi connectivity index (χ4v) is 1.66. The number of nitrogen functional groups attached to an aromatic ring is 3. The Bertz CT molecular complexity index is 352. The summed E-state index contributed by atoms with van der Waals surface area (Å²) >= 11 is 0. The number of nitrogens with two attached hydrogens (primary N) is 5. The summed E-state index contributed by atoms with van der Waals surface area (Å²) in [5, 5.41) is 13.1. The monoisotopic (exact) mass is 358 g/mol. The van der Waals surface area contributed by atoms with Gasteiger partial charge in [0, 0.05) is 65.4 Å². The van der Waals surface area contributed by atoms with Crippen molar-refractivity contribution in [3.8, 4) is 0 Å². The molecule has 0 amide bonds. The van der Waals surface area contributed by atoms with Gasteiger partial charge in [-0.15, -0.1) is 0 Å². The molecule has 1 rings (SSSR count). The molecule has 0 spiro atoms. The Balaban J connectivity index is 0.000000535. The van der Waals surface area contributed by atoms with Gasteiger partial charge in [-0.25, -0.2) is 0 Å². The van der Waals surface area contributed by atoms with Crippen LogP contribution in [0.15, 0.2) is 0 Å². The van der Waals surface area contributed by atoms with E-state index >= 15 is 0 Å². The van der Waals surface area contributed by atoms with E-state index in [0.717, 1.165) is 52.4 Å². The zero-order chi connectivity index (χ0) is 18.8. The van der Waals surface area contributed by atoms with Crippen LogP contribution in [0.2, 0.25) is 0 Å². The number of nitrogens with zero attached hydrogens (tertiary/aromatic N) is 3. The maximum absolute atomic E-state index is 5.35. The largest absolute Gasteiger partial charge is 0.368 e. The van der Waals surface area contributed by atoms with Crippen molar-refractivity contribution in [1.82, 2.24) is 36.2 Å². The van der Waals surface area contributed by atoms with Gasteiger partial charge < -0.3 is 49.9 Å². The van der Waals surface area contributed by atoms with Crippen molar-refractivity contribution in [2.24, 2.45) is 11.5 Å². The molecule has 0 unspecified atom stereocenters. The molecular formula is C13H34N12. The van der Waals surface area contributed by atoms with E-state index in [1.54, 1.807) is 0 Å². The number of hydrogen-bond donors (Lipinski definition) is 9. The number of aromatic nitrogens is 3. The van der Waals surface area contributed by atoms with E-state index in [1.807, 2.05) is 0 Å². The van der Waals surface area contributed by atoms with Crippen LogP contribution in [0.1, 0.15) is 0 Å². The van der Waals surface area contributed by atoms with Crippen molar-refractivity contribution in [3.63, 3.8) is 0 Å². The molecule has 0 radical (unpaired) electrons. The smallest absolute Gasteiger partial charge is 0.226 e. The Morgan fingerprint density at radius 2 is 0.720 bits per heavy atom. The maximum Gasteiger partial charge on any atom is 0.226 e. The minimum Gasteiger partial charge on any atom is -0.368 e. The van der Waals surface area contributed by atoms with Gasteiger partial charge in [0.15, 0.2) is 0 Å². The quantitative estimate of drug-likeness (QED) is 0.154. The highest BCUT2D eigenvalue weighted by atomic mass is 15.2. The second kappa shape index (κ2) is 17.0. The average molecular weight is 358 g/mol. The van der Waals surface area contributed by atoms with Crippen LogP contribution in [0.5, 0.6) is 0 Å². The second-order valence-electron chi connectivity index (χ2n) is 4.99. The van der Waals surface area contributed by atoms with Gasteiger partial charge in [0.2, 0.25) is 17.8 Å². The summed E-state index contributed by atoms with van der Waals surface area (Å²) in [6, 6.07) is 0. The molecule has 12 heteroatoms. The van der Waals surface area contributed by atoms with E-state index in [-0.39, 0.29) is 17.8 Å². The number of hydrogen-bond acceptors (Lipinski definition) is 12. The second-order valence-corrected chi connectivity index (χ2v) is 4.99. The molecule has 0 aliphatic carbocycles. The number of nitrogens with one attached hydrogen (secondary N) is 4. The van der Waals surface area contributed by atoms with Gasteiger partial charge in [-0.3, -0.25) is 0 Å². The predicted octanol–water partition coefficient (Wildman–Crippen LogP) is -4.12. The minimum atomic E-state index is 0.0417. The number of rotatable bonds is 13. The van der Waals surface area contributed by atoms with Crippen molar-refractivity contribution in [2.45, 2.75) is 0 Å². The first-order valence-electron chi connectivity index (χ1n) is 8.35. The first-order chi connectivity index (χ1) is 12.1. The molecule has 146 valence electrons. The lowest BCUT2D eigenvalue weighted by atomic mass is 10.5. The van der Waals surface area contributed by atoms with E-state index in [1.165, 1.54) is 0 Å². The molecule has 14 N–H and O–H groups in total. The van der Waals surface area contributed by atoms with Gasteiger partial charge in [0.25, 0.3) is 0 Å². The molecule has 0 fully saturated rings. The first-order valence-corrected chi connectivity index (χ1v) is 8.35. The molecule has 0 saturated carbocycles. The van der Waals surface area contributed by atoms with E-state index < -0.39 is 0 Å². The Morgan fingerprint density at radius 1 is 0.480 bits per heavy atom. The Labute approximate surface area is 149 Å². The van der Waals surface area contributed by atoms with Crippen LogP contribution < -0.4 is 49.9 Å². The van der Waals surface area contributed by atoms with Gasteiger partial charge >= 0.3 is 0 Å². The van der Waals surface area contributed by atoms with Gasteiger partial charge in [0.05, 0.1) is 0 Å². The van der Waals surface area contributed by atoms with Crippen molar-refractivity contribution in [2.75, 3.05) is 82.6 Å². The molecule has 1 aromatic heterocycles. The lowest BCUT2D eigenvalue weighted by Crippen LogP contribution is -2.36.